The summed E-state index contributed by atoms with van der Waals surface area (Å²) in [6, 6.07) is 1.97. The first-order chi connectivity index (χ1) is 12.5. The summed E-state index contributed by atoms with van der Waals surface area (Å²) >= 11 is 0. The van der Waals surface area contributed by atoms with Crippen LogP contribution < -0.4 is 5.32 Å². The van der Waals surface area contributed by atoms with Crippen LogP contribution in [-0.4, -0.2) is 27.4 Å². The molecule has 2 heterocycles. The minimum absolute atomic E-state index is 0.257. The Morgan fingerprint density at radius 1 is 1.35 bits per heavy atom. The molecule has 0 unspecified atom stereocenters. The molecule has 2 aliphatic rings. The normalized spacial score (nSPS) is 28.1. The largest absolute Gasteiger partial charge is 0.356 e. The molecule has 0 aliphatic heterocycles. The number of rotatable bonds is 5. The van der Waals surface area contributed by atoms with Crippen LogP contribution in [-0.2, 0) is 11.8 Å². The van der Waals surface area contributed by atoms with Crippen molar-refractivity contribution >= 4 is 5.91 Å². The summed E-state index contributed by atoms with van der Waals surface area (Å²) in [5, 5.41) is 11.9. The first kappa shape index (κ1) is 17.3. The zero-order chi connectivity index (χ0) is 18.3. The van der Waals surface area contributed by atoms with E-state index in [2.05, 4.69) is 17.4 Å². The van der Waals surface area contributed by atoms with Crippen LogP contribution in [0.15, 0.2) is 16.8 Å². The summed E-state index contributed by atoms with van der Waals surface area (Å²) in [6.45, 7) is 4.91. The van der Waals surface area contributed by atoms with Crippen LogP contribution in [0.1, 0.15) is 56.3 Å². The SMILES string of the molecule is Cc1cc(-c2cn(C)nc2C2CCC(CNC(=O)[C@@H]3C[C@@H]3C)CC2)on1. The summed E-state index contributed by atoms with van der Waals surface area (Å²) in [6.07, 6.45) is 7.57. The monoisotopic (exact) mass is 356 g/mol. The van der Waals surface area contributed by atoms with E-state index < -0.39 is 0 Å². The van der Waals surface area contributed by atoms with Crippen LogP contribution in [0, 0.1) is 24.7 Å². The average molecular weight is 356 g/mol. The lowest BCUT2D eigenvalue weighted by Gasteiger charge is -2.28. The highest BCUT2D eigenvalue weighted by Gasteiger charge is 2.39. The summed E-state index contributed by atoms with van der Waals surface area (Å²) < 4.78 is 7.33. The van der Waals surface area contributed by atoms with Crippen LogP contribution in [0.3, 0.4) is 0 Å². The lowest BCUT2D eigenvalue weighted by molar-refractivity contribution is -0.122. The highest BCUT2D eigenvalue weighted by Crippen LogP contribution is 2.40. The quantitative estimate of drug-likeness (QED) is 0.891. The second kappa shape index (κ2) is 6.89. The number of amides is 1. The van der Waals surface area contributed by atoms with Crippen LogP contribution in [0.4, 0.5) is 0 Å². The van der Waals surface area contributed by atoms with Crippen molar-refractivity contribution in [3.8, 4) is 11.3 Å². The Bertz CT molecular complexity index is 786. The highest BCUT2D eigenvalue weighted by molar-refractivity contribution is 5.81. The zero-order valence-corrected chi connectivity index (χ0v) is 15.9. The minimum Gasteiger partial charge on any atom is -0.356 e. The Morgan fingerprint density at radius 2 is 2.08 bits per heavy atom. The lowest BCUT2D eigenvalue weighted by atomic mass is 9.79. The van der Waals surface area contributed by atoms with Gasteiger partial charge in [-0.05, 0) is 50.9 Å². The second-order valence-corrected chi connectivity index (χ2v) is 8.22. The Morgan fingerprint density at radius 3 is 2.69 bits per heavy atom. The van der Waals surface area contributed by atoms with Gasteiger partial charge >= 0.3 is 0 Å². The molecule has 1 N–H and O–H groups in total. The van der Waals surface area contributed by atoms with Gasteiger partial charge in [-0.3, -0.25) is 9.48 Å². The fourth-order valence-corrected chi connectivity index (χ4v) is 4.19. The van der Waals surface area contributed by atoms with Crippen molar-refractivity contribution in [3.63, 3.8) is 0 Å². The van der Waals surface area contributed by atoms with Crippen molar-refractivity contribution in [2.24, 2.45) is 24.8 Å². The maximum atomic E-state index is 12.0. The van der Waals surface area contributed by atoms with Gasteiger partial charge in [0.2, 0.25) is 5.91 Å². The first-order valence-corrected chi connectivity index (χ1v) is 9.76. The summed E-state index contributed by atoms with van der Waals surface area (Å²) in [5.41, 5.74) is 3.07. The highest BCUT2D eigenvalue weighted by atomic mass is 16.5. The molecule has 0 spiro atoms. The molecule has 0 aromatic carbocycles. The van der Waals surface area contributed by atoms with Crippen molar-refractivity contribution in [2.75, 3.05) is 6.54 Å². The van der Waals surface area contributed by atoms with E-state index in [4.69, 9.17) is 9.62 Å². The van der Waals surface area contributed by atoms with Gasteiger partial charge in [-0.2, -0.15) is 5.10 Å². The van der Waals surface area contributed by atoms with Crippen molar-refractivity contribution in [2.45, 2.75) is 51.9 Å². The van der Waals surface area contributed by atoms with Crippen molar-refractivity contribution in [1.82, 2.24) is 20.3 Å². The van der Waals surface area contributed by atoms with E-state index in [1.165, 1.54) is 0 Å². The molecule has 4 rings (SSSR count). The van der Waals surface area contributed by atoms with Crippen LogP contribution >= 0.6 is 0 Å². The number of hydrogen-bond acceptors (Lipinski definition) is 4. The molecule has 2 atom stereocenters. The van der Waals surface area contributed by atoms with Gasteiger partial charge in [0, 0.05) is 37.7 Å². The van der Waals surface area contributed by atoms with Gasteiger partial charge in [-0.1, -0.05) is 12.1 Å². The van der Waals surface area contributed by atoms with Gasteiger partial charge in [0.1, 0.15) is 0 Å². The summed E-state index contributed by atoms with van der Waals surface area (Å²) in [7, 11) is 1.95. The maximum Gasteiger partial charge on any atom is 0.223 e. The average Bonchev–Trinajstić information content (AvgIpc) is 3.02. The molecular formula is C20H28N4O2. The summed E-state index contributed by atoms with van der Waals surface area (Å²) in [5.74, 6) is 2.95. The van der Waals surface area contributed by atoms with Gasteiger partial charge < -0.3 is 9.84 Å². The Hall–Kier alpha value is -2.11. The topological polar surface area (TPSA) is 73.0 Å². The zero-order valence-electron chi connectivity index (χ0n) is 15.9. The van der Waals surface area contributed by atoms with Crippen LogP contribution in [0.25, 0.3) is 11.3 Å². The number of nitrogens with one attached hydrogen (secondary N) is 1. The maximum absolute atomic E-state index is 12.0. The fourth-order valence-electron chi connectivity index (χ4n) is 4.19. The van der Waals surface area contributed by atoms with Crippen molar-refractivity contribution in [1.29, 1.82) is 0 Å². The molecule has 0 bridgehead atoms. The molecule has 2 saturated carbocycles. The third kappa shape index (κ3) is 3.55. The molecule has 0 radical (unpaired) electrons. The van der Waals surface area contributed by atoms with E-state index in [1.807, 2.05) is 30.9 Å². The molecule has 140 valence electrons. The Kier molecular flexibility index (Phi) is 4.59. The van der Waals surface area contributed by atoms with Gasteiger partial charge in [-0.15, -0.1) is 0 Å². The van der Waals surface area contributed by atoms with E-state index in [0.29, 0.717) is 17.8 Å². The van der Waals surface area contributed by atoms with E-state index in [1.54, 1.807) is 0 Å². The van der Waals surface area contributed by atoms with Crippen molar-refractivity contribution in [3.05, 3.63) is 23.7 Å². The smallest absolute Gasteiger partial charge is 0.223 e. The molecule has 6 heteroatoms. The van der Waals surface area contributed by atoms with E-state index >= 15 is 0 Å². The lowest BCUT2D eigenvalue weighted by Crippen LogP contribution is -2.32. The van der Waals surface area contributed by atoms with Gasteiger partial charge in [0.15, 0.2) is 5.76 Å². The molecule has 2 aliphatic carbocycles. The molecule has 2 fully saturated rings. The van der Waals surface area contributed by atoms with E-state index in [0.717, 1.165) is 61.4 Å². The number of aryl methyl sites for hydroxylation is 2. The molecular weight excluding hydrogens is 328 g/mol. The first-order valence-electron chi connectivity index (χ1n) is 9.76. The number of aromatic nitrogens is 3. The number of hydrogen-bond donors (Lipinski definition) is 1. The minimum atomic E-state index is 0.257. The number of nitrogens with zero attached hydrogens (tertiary/aromatic N) is 3. The van der Waals surface area contributed by atoms with Crippen LogP contribution in [0.5, 0.6) is 0 Å². The van der Waals surface area contributed by atoms with E-state index in [-0.39, 0.29) is 11.8 Å². The third-order valence-electron chi connectivity index (χ3n) is 6.00. The predicted octanol–water partition coefficient (Wildman–Crippen LogP) is 3.43. The van der Waals surface area contributed by atoms with Crippen molar-refractivity contribution < 1.29 is 9.32 Å². The number of carbonyl (C=O) groups excluding carboxylic acids is 1. The molecule has 6 nitrogen and oxygen atoms in total. The third-order valence-corrected chi connectivity index (χ3v) is 6.00. The van der Waals surface area contributed by atoms with E-state index in [9.17, 15) is 4.79 Å². The second-order valence-electron chi connectivity index (χ2n) is 8.22. The van der Waals surface area contributed by atoms with Gasteiger partial charge in [0.05, 0.1) is 17.0 Å². The molecule has 2 aromatic heterocycles. The Balaban J connectivity index is 1.35. The number of carbonyl (C=O) groups is 1. The van der Waals surface area contributed by atoms with Gasteiger partial charge in [0.25, 0.3) is 0 Å². The summed E-state index contributed by atoms with van der Waals surface area (Å²) in [4.78, 5) is 12.0. The Labute approximate surface area is 154 Å². The predicted molar refractivity (Wildman–Crippen MR) is 98.4 cm³/mol. The molecule has 26 heavy (non-hydrogen) atoms. The fraction of sp³-hybridized carbons (Fsp3) is 0.650. The standard InChI is InChI=1S/C20H28N4O2/c1-12-8-16(12)20(25)21-10-14-4-6-15(7-5-14)19-17(11-24(3)22-19)18-9-13(2)23-26-18/h9,11-12,14-16H,4-8,10H2,1-3H3,(H,21,25)/t12-,14?,15?,16+/m0/s1. The molecule has 1 amide bonds. The van der Waals surface area contributed by atoms with Gasteiger partial charge in [-0.25, -0.2) is 0 Å². The molecule has 0 saturated heterocycles. The molecule has 2 aromatic rings. The van der Waals surface area contributed by atoms with Crippen LogP contribution in [0.2, 0.25) is 0 Å².